The van der Waals surface area contributed by atoms with Gasteiger partial charge >= 0.3 is 5.97 Å². The second kappa shape index (κ2) is 7.46. The van der Waals surface area contributed by atoms with Crippen molar-refractivity contribution in [3.05, 3.63) is 60.3 Å². The number of hydrogen-bond donors (Lipinski definition) is 1. The smallest absolute Gasteiger partial charge is 0.311 e. The zero-order valence-corrected chi connectivity index (χ0v) is 15.8. The molecule has 1 aliphatic heterocycles. The first kappa shape index (κ1) is 18.2. The lowest BCUT2D eigenvalue weighted by Gasteiger charge is -2.40. The van der Waals surface area contributed by atoms with Gasteiger partial charge < -0.3 is 14.7 Å². The van der Waals surface area contributed by atoms with Crippen LogP contribution in [0, 0.1) is 5.41 Å². The highest BCUT2D eigenvalue weighted by molar-refractivity contribution is 5.78. The number of para-hydroxylation sites is 2. The molecule has 6 heteroatoms. The monoisotopic (exact) mass is 377 g/mol. The van der Waals surface area contributed by atoms with Gasteiger partial charge in [0.25, 0.3) is 0 Å². The Labute approximate surface area is 163 Å². The van der Waals surface area contributed by atoms with E-state index in [-0.39, 0.29) is 0 Å². The molecule has 0 unspecified atom stereocenters. The van der Waals surface area contributed by atoms with Crippen molar-refractivity contribution in [2.75, 3.05) is 25.1 Å². The van der Waals surface area contributed by atoms with Crippen molar-refractivity contribution < 1.29 is 14.6 Å². The number of hydrogen-bond acceptors (Lipinski definition) is 5. The summed E-state index contributed by atoms with van der Waals surface area (Å²) in [7, 11) is 1.62. The lowest BCUT2D eigenvalue weighted by molar-refractivity contribution is -0.149. The summed E-state index contributed by atoms with van der Waals surface area (Å²) >= 11 is 0. The van der Waals surface area contributed by atoms with Gasteiger partial charge in [-0.15, -0.1) is 0 Å². The van der Waals surface area contributed by atoms with E-state index in [4.69, 9.17) is 9.72 Å². The Kier molecular flexibility index (Phi) is 4.86. The molecular weight excluding hydrogens is 354 g/mol. The molecule has 2 heterocycles. The lowest BCUT2D eigenvalue weighted by Crippen LogP contribution is -2.49. The van der Waals surface area contributed by atoms with Gasteiger partial charge in [-0.1, -0.05) is 24.3 Å². The number of carboxylic acid groups (broad SMARTS) is 1. The summed E-state index contributed by atoms with van der Waals surface area (Å²) < 4.78 is 5.29. The maximum absolute atomic E-state index is 12.3. The fourth-order valence-electron chi connectivity index (χ4n) is 3.99. The van der Waals surface area contributed by atoms with Gasteiger partial charge in [0, 0.05) is 13.1 Å². The predicted molar refractivity (Wildman–Crippen MR) is 108 cm³/mol. The van der Waals surface area contributed by atoms with Crippen LogP contribution in [-0.4, -0.2) is 41.2 Å². The highest BCUT2D eigenvalue weighted by Gasteiger charge is 2.43. The van der Waals surface area contributed by atoms with E-state index in [0.29, 0.717) is 19.4 Å². The van der Waals surface area contributed by atoms with Gasteiger partial charge in [-0.25, -0.2) is 4.98 Å². The van der Waals surface area contributed by atoms with Crippen LogP contribution < -0.4 is 9.64 Å². The predicted octanol–water partition coefficient (Wildman–Crippen LogP) is 3.55. The van der Waals surface area contributed by atoms with Crippen LogP contribution in [0.2, 0.25) is 0 Å². The Morgan fingerprint density at radius 3 is 2.82 bits per heavy atom. The number of aromatic nitrogens is 2. The van der Waals surface area contributed by atoms with E-state index < -0.39 is 11.4 Å². The fraction of sp³-hybridized carbons (Fsp3) is 0.318. The second-order valence-corrected chi connectivity index (χ2v) is 7.36. The highest BCUT2D eigenvalue weighted by Crippen LogP contribution is 2.36. The maximum Gasteiger partial charge on any atom is 0.311 e. The van der Waals surface area contributed by atoms with Crippen molar-refractivity contribution in [3.63, 3.8) is 0 Å². The van der Waals surface area contributed by atoms with Gasteiger partial charge in [0.2, 0.25) is 0 Å². The molecule has 6 nitrogen and oxygen atoms in total. The molecule has 1 fully saturated rings. The number of anilines is 1. The number of aliphatic carboxylic acids is 1. The number of rotatable bonds is 5. The number of benzene rings is 2. The van der Waals surface area contributed by atoms with Crippen LogP contribution in [0.15, 0.2) is 54.7 Å². The molecule has 0 amide bonds. The van der Waals surface area contributed by atoms with Crippen LogP contribution in [0.4, 0.5) is 5.82 Å². The molecule has 1 saturated heterocycles. The number of fused-ring (bicyclic) bond motifs is 1. The molecule has 2 aromatic carbocycles. The Morgan fingerprint density at radius 1 is 1.21 bits per heavy atom. The van der Waals surface area contributed by atoms with E-state index in [1.54, 1.807) is 13.3 Å². The van der Waals surface area contributed by atoms with E-state index in [0.717, 1.165) is 41.1 Å². The number of carboxylic acids is 1. The van der Waals surface area contributed by atoms with E-state index >= 15 is 0 Å². The Morgan fingerprint density at radius 2 is 2.04 bits per heavy atom. The minimum Gasteiger partial charge on any atom is -0.497 e. The van der Waals surface area contributed by atoms with Crippen LogP contribution >= 0.6 is 0 Å². The fourth-order valence-corrected chi connectivity index (χ4v) is 3.99. The summed E-state index contributed by atoms with van der Waals surface area (Å²) in [5.41, 5.74) is 1.76. The van der Waals surface area contributed by atoms with Crippen LogP contribution in [0.5, 0.6) is 5.75 Å². The first-order valence-corrected chi connectivity index (χ1v) is 9.43. The quantitative estimate of drug-likeness (QED) is 0.733. The van der Waals surface area contributed by atoms with Crippen molar-refractivity contribution in [1.82, 2.24) is 9.97 Å². The van der Waals surface area contributed by atoms with Gasteiger partial charge in [-0.3, -0.25) is 9.78 Å². The zero-order chi connectivity index (χ0) is 19.6. The van der Waals surface area contributed by atoms with Crippen LogP contribution in [0.3, 0.4) is 0 Å². The molecule has 0 spiro atoms. The minimum absolute atomic E-state index is 0.409. The van der Waals surface area contributed by atoms with E-state index in [1.807, 2.05) is 48.5 Å². The molecule has 3 aromatic rings. The van der Waals surface area contributed by atoms with E-state index in [1.165, 1.54) is 0 Å². The Hall–Kier alpha value is -3.15. The third-order valence-electron chi connectivity index (χ3n) is 5.47. The van der Waals surface area contributed by atoms with Crippen molar-refractivity contribution in [2.24, 2.45) is 5.41 Å². The standard InChI is InChI=1S/C22H23N3O3/c1-28-17-7-4-6-16(12-17)13-22(21(26)27)10-5-11-25(15-22)20-14-23-18-8-2-3-9-19(18)24-20/h2-4,6-9,12,14H,5,10-11,13,15H2,1H3,(H,26,27)/t22-/m0/s1. The summed E-state index contributed by atoms with van der Waals surface area (Å²) in [6.45, 7) is 1.19. The summed E-state index contributed by atoms with van der Waals surface area (Å²) in [6.07, 6.45) is 3.63. The molecule has 0 aliphatic carbocycles. The van der Waals surface area contributed by atoms with Crippen LogP contribution in [0.1, 0.15) is 18.4 Å². The summed E-state index contributed by atoms with van der Waals surface area (Å²) in [5.74, 6) is 0.703. The minimum atomic E-state index is -0.863. The van der Waals surface area contributed by atoms with Crippen molar-refractivity contribution >= 4 is 22.8 Å². The average Bonchev–Trinajstić information content (AvgIpc) is 2.73. The number of carbonyl (C=O) groups is 1. The molecule has 0 saturated carbocycles. The molecule has 28 heavy (non-hydrogen) atoms. The van der Waals surface area contributed by atoms with Gasteiger partial charge in [0.05, 0.1) is 29.8 Å². The number of methoxy groups -OCH3 is 1. The van der Waals surface area contributed by atoms with Gasteiger partial charge in [0.1, 0.15) is 11.6 Å². The number of piperidine rings is 1. The summed E-state index contributed by atoms with van der Waals surface area (Å²) in [4.78, 5) is 23.6. The van der Waals surface area contributed by atoms with Crippen molar-refractivity contribution in [1.29, 1.82) is 0 Å². The summed E-state index contributed by atoms with van der Waals surface area (Å²) in [5, 5.41) is 10.1. The van der Waals surface area contributed by atoms with Crippen LogP contribution in [0.25, 0.3) is 11.0 Å². The van der Waals surface area contributed by atoms with Gasteiger partial charge in [0.15, 0.2) is 0 Å². The van der Waals surface area contributed by atoms with Crippen molar-refractivity contribution in [2.45, 2.75) is 19.3 Å². The normalized spacial score (nSPS) is 19.5. The van der Waals surface area contributed by atoms with Crippen molar-refractivity contribution in [3.8, 4) is 5.75 Å². The third kappa shape index (κ3) is 3.50. The third-order valence-corrected chi connectivity index (χ3v) is 5.47. The second-order valence-electron chi connectivity index (χ2n) is 7.36. The SMILES string of the molecule is COc1cccc(C[C@@]2(C(=O)O)CCCN(c3cnc4ccccc4n3)C2)c1. The topological polar surface area (TPSA) is 75.6 Å². The van der Waals surface area contributed by atoms with Crippen LogP contribution in [-0.2, 0) is 11.2 Å². The van der Waals surface area contributed by atoms with E-state index in [9.17, 15) is 9.90 Å². The van der Waals surface area contributed by atoms with Gasteiger partial charge in [-0.2, -0.15) is 0 Å². The molecule has 1 atom stereocenters. The average molecular weight is 377 g/mol. The number of nitrogens with zero attached hydrogens (tertiary/aromatic N) is 3. The highest BCUT2D eigenvalue weighted by atomic mass is 16.5. The summed E-state index contributed by atoms with van der Waals surface area (Å²) in [6, 6.07) is 15.4. The van der Waals surface area contributed by atoms with Gasteiger partial charge in [-0.05, 0) is 49.1 Å². The maximum atomic E-state index is 12.3. The molecule has 0 radical (unpaired) electrons. The zero-order valence-electron chi connectivity index (χ0n) is 15.8. The molecule has 0 bridgehead atoms. The molecule has 1 aliphatic rings. The molecular formula is C22H23N3O3. The first-order valence-electron chi connectivity index (χ1n) is 9.43. The largest absolute Gasteiger partial charge is 0.497 e. The molecule has 4 rings (SSSR count). The number of ether oxygens (including phenoxy) is 1. The lowest BCUT2D eigenvalue weighted by atomic mass is 9.75. The molecule has 1 N–H and O–H groups in total. The Bertz CT molecular complexity index is 1010. The molecule has 144 valence electrons. The van der Waals surface area contributed by atoms with E-state index in [2.05, 4.69) is 9.88 Å². The first-order chi connectivity index (χ1) is 13.6. The Balaban J connectivity index is 1.63. The molecule has 1 aromatic heterocycles.